The normalized spacial score (nSPS) is 10.2. The van der Waals surface area contributed by atoms with Crippen molar-refractivity contribution in [2.24, 2.45) is 0 Å². The molecule has 0 fully saturated rings. The number of nitro benzene ring substituents is 1. The molecule has 2 rings (SSSR count). The van der Waals surface area contributed by atoms with Gasteiger partial charge in [0.1, 0.15) is 0 Å². The van der Waals surface area contributed by atoms with Gasteiger partial charge in [-0.15, -0.1) is 0 Å². The fourth-order valence-corrected chi connectivity index (χ4v) is 1.40. The fourth-order valence-electron chi connectivity index (χ4n) is 1.40. The summed E-state index contributed by atoms with van der Waals surface area (Å²) in [4.78, 5) is 21.0. The highest BCUT2D eigenvalue weighted by Gasteiger charge is 2.12. The Labute approximate surface area is 89.8 Å². The van der Waals surface area contributed by atoms with Gasteiger partial charge in [-0.1, -0.05) is 18.2 Å². The van der Waals surface area contributed by atoms with E-state index in [9.17, 15) is 14.9 Å². The van der Waals surface area contributed by atoms with Crippen LogP contribution in [0.2, 0.25) is 0 Å². The van der Waals surface area contributed by atoms with Gasteiger partial charge in [-0.25, -0.2) is 9.53 Å². The second kappa shape index (κ2) is 4.01. The lowest BCUT2D eigenvalue weighted by molar-refractivity contribution is -0.385. The highest BCUT2D eigenvalue weighted by atomic mass is 16.6. The SMILES string of the molecule is O=c1ccn(Cc2ccccc2[N+](=O)[O-])o1. The largest absolute Gasteiger partial charge is 0.357 e. The Morgan fingerprint density at radius 2 is 2.06 bits per heavy atom. The van der Waals surface area contributed by atoms with E-state index in [0.29, 0.717) is 5.56 Å². The smallest absolute Gasteiger partial charge is 0.336 e. The standard InChI is InChI=1S/C10H8N2O4/c13-10-5-6-11(16-10)7-8-3-1-2-4-9(8)12(14)15/h1-6H,7H2. The van der Waals surface area contributed by atoms with Crippen molar-refractivity contribution in [2.75, 3.05) is 0 Å². The summed E-state index contributed by atoms with van der Waals surface area (Å²) in [5, 5.41) is 10.7. The predicted octanol–water partition coefficient (Wildman–Crippen LogP) is 1.40. The molecule has 0 atom stereocenters. The van der Waals surface area contributed by atoms with Crippen LogP contribution in [0.1, 0.15) is 5.56 Å². The summed E-state index contributed by atoms with van der Waals surface area (Å²) in [5.41, 5.74) is 0.0317. The highest BCUT2D eigenvalue weighted by molar-refractivity contribution is 5.39. The number of nitro groups is 1. The Kier molecular flexibility index (Phi) is 2.55. The van der Waals surface area contributed by atoms with E-state index in [1.165, 1.54) is 23.1 Å². The first kappa shape index (κ1) is 10.2. The molecule has 0 N–H and O–H groups in total. The minimum Gasteiger partial charge on any atom is -0.336 e. The summed E-state index contributed by atoms with van der Waals surface area (Å²) in [6, 6.07) is 7.58. The van der Waals surface area contributed by atoms with Crippen LogP contribution in [0, 0.1) is 10.1 Å². The third-order valence-electron chi connectivity index (χ3n) is 2.10. The van der Waals surface area contributed by atoms with Gasteiger partial charge < -0.3 is 4.52 Å². The lowest BCUT2D eigenvalue weighted by Gasteiger charge is -2.01. The summed E-state index contributed by atoms with van der Waals surface area (Å²) in [6.45, 7) is 0.166. The van der Waals surface area contributed by atoms with Crippen LogP contribution in [-0.4, -0.2) is 9.66 Å². The van der Waals surface area contributed by atoms with Gasteiger partial charge in [-0.05, 0) is 0 Å². The van der Waals surface area contributed by atoms with Crippen molar-refractivity contribution in [3.8, 4) is 0 Å². The van der Waals surface area contributed by atoms with E-state index < -0.39 is 10.5 Å². The van der Waals surface area contributed by atoms with Crippen molar-refractivity contribution in [3.63, 3.8) is 0 Å². The van der Waals surface area contributed by atoms with Gasteiger partial charge in [0.15, 0.2) is 0 Å². The van der Waals surface area contributed by atoms with Gasteiger partial charge in [-0.2, -0.15) is 0 Å². The summed E-state index contributed by atoms with van der Waals surface area (Å²) in [5.74, 6) is 0. The summed E-state index contributed by atoms with van der Waals surface area (Å²) in [7, 11) is 0. The van der Waals surface area contributed by atoms with Crippen LogP contribution in [0.4, 0.5) is 5.69 Å². The van der Waals surface area contributed by atoms with Gasteiger partial charge in [0.25, 0.3) is 5.69 Å². The number of hydrogen-bond acceptors (Lipinski definition) is 4. The van der Waals surface area contributed by atoms with E-state index >= 15 is 0 Å². The molecule has 82 valence electrons. The number of nitrogens with zero attached hydrogens (tertiary/aromatic N) is 2. The second-order valence-corrected chi connectivity index (χ2v) is 3.19. The lowest BCUT2D eigenvalue weighted by atomic mass is 10.2. The molecule has 0 saturated carbocycles. The van der Waals surface area contributed by atoms with E-state index in [1.54, 1.807) is 18.2 Å². The van der Waals surface area contributed by atoms with Gasteiger partial charge in [0.2, 0.25) is 0 Å². The molecule has 1 aromatic carbocycles. The van der Waals surface area contributed by atoms with Gasteiger partial charge in [0.05, 0.1) is 17.0 Å². The summed E-state index contributed by atoms with van der Waals surface area (Å²) >= 11 is 0. The molecule has 0 amide bonds. The Morgan fingerprint density at radius 1 is 1.31 bits per heavy atom. The first-order valence-electron chi connectivity index (χ1n) is 4.56. The van der Waals surface area contributed by atoms with E-state index in [-0.39, 0.29) is 12.2 Å². The highest BCUT2D eigenvalue weighted by Crippen LogP contribution is 2.18. The molecule has 0 radical (unpaired) electrons. The van der Waals surface area contributed by atoms with Crippen molar-refractivity contribution in [1.82, 2.24) is 4.74 Å². The molecule has 0 aliphatic carbocycles. The second-order valence-electron chi connectivity index (χ2n) is 3.19. The van der Waals surface area contributed by atoms with Crippen LogP contribution in [0.3, 0.4) is 0 Å². The number of hydrogen-bond donors (Lipinski definition) is 0. The number of rotatable bonds is 3. The van der Waals surface area contributed by atoms with Gasteiger partial charge in [-0.3, -0.25) is 10.1 Å². The fraction of sp³-hybridized carbons (Fsp3) is 0.100. The molecule has 0 aliphatic rings. The van der Waals surface area contributed by atoms with Crippen molar-refractivity contribution in [2.45, 2.75) is 6.54 Å². The molecule has 6 heteroatoms. The molecular weight excluding hydrogens is 212 g/mol. The molecule has 0 unspecified atom stereocenters. The van der Waals surface area contributed by atoms with E-state index in [2.05, 4.69) is 0 Å². The maximum Gasteiger partial charge on any atom is 0.357 e. The quantitative estimate of drug-likeness (QED) is 0.578. The Hall–Kier alpha value is -2.37. The number of para-hydroxylation sites is 1. The first-order valence-corrected chi connectivity index (χ1v) is 4.56. The molecule has 1 aromatic heterocycles. The molecule has 0 aliphatic heterocycles. The van der Waals surface area contributed by atoms with Crippen LogP contribution >= 0.6 is 0 Å². The molecule has 16 heavy (non-hydrogen) atoms. The van der Waals surface area contributed by atoms with Crippen LogP contribution in [0.15, 0.2) is 45.8 Å². The molecule has 1 heterocycles. The maximum atomic E-state index is 10.8. The first-order chi connectivity index (χ1) is 7.66. The van der Waals surface area contributed by atoms with E-state index in [4.69, 9.17) is 4.52 Å². The van der Waals surface area contributed by atoms with Crippen molar-refractivity contribution < 1.29 is 9.45 Å². The predicted molar refractivity (Wildman–Crippen MR) is 55.2 cm³/mol. The third kappa shape index (κ3) is 2.00. The minimum absolute atomic E-state index is 0.0128. The molecule has 2 aromatic rings. The van der Waals surface area contributed by atoms with Crippen molar-refractivity contribution >= 4 is 5.69 Å². The zero-order valence-corrected chi connectivity index (χ0v) is 8.20. The number of aromatic nitrogens is 1. The topological polar surface area (TPSA) is 78.3 Å². The van der Waals surface area contributed by atoms with Gasteiger partial charge >= 0.3 is 5.63 Å². The van der Waals surface area contributed by atoms with Gasteiger partial charge in [0, 0.05) is 18.3 Å². The zero-order valence-electron chi connectivity index (χ0n) is 8.20. The molecule has 6 nitrogen and oxygen atoms in total. The molecule has 0 bridgehead atoms. The Balaban J connectivity index is 2.34. The Bertz CT molecular complexity index is 570. The monoisotopic (exact) mass is 220 g/mol. The summed E-state index contributed by atoms with van der Waals surface area (Å²) in [6.07, 6.45) is 1.44. The van der Waals surface area contributed by atoms with Crippen LogP contribution in [-0.2, 0) is 6.54 Å². The average molecular weight is 220 g/mol. The van der Waals surface area contributed by atoms with E-state index in [0.717, 1.165) is 0 Å². The van der Waals surface area contributed by atoms with E-state index in [1.807, 2.05) is 0 Å². The lowest BCUT2D eigenvalue weighted by Crippen LogP contribution is -2.02. The maximum absolute atomic E-state index is 10.8. The van der Waals surface area contributed by atoms with Crippen LogP contribution in [0.5, 0.6) is 0 Å². The molecule has 0 saturated heterocycles. The zero-order chi connectivity index (χ0) is 11.5. The average Bonchev–Trinajstić information content (AvgIpc) is 2.64. The van der Waals surface area contributed by atoms with Crippen molar-refractivity contribution in [3.05, 3.63) is 62.6 Å². The molecular formula is C10H8N2O4. The third-order valence-corrected chi connectivity index (χ3v) is 2.10. The summed E-state index contributed by atoms with van der Waals surface area (Å²) < 4.78 is 6.02. The minimum atomic E-state index is -0.474. The molecule has 0 spiro atoms. The number of benzene rings is 1. The van der Waals surface area contributed by atoms with Crippen LogP contribution in [0.25, 0.3) is 0 Å². The Morgan fingerprint density at radius 3 is 2.69 bits per heavy atom. The van der Waals surface area contributed by atoms with Crippen LogP contribution < -0.4 is 5.63 Å². The van der Waals surface area contributed by atoms with Crippen molar-refractivity contribution in [1.29, 1.82) is 0 Å².